The average Bonchev–Trinajstić information content (AvgIpc) is 3.24. The summed E-state index contributed by atoms with van der Waals surface area (Å²) < 4.78 is 32.6. The lowest BCUT2D eigenvalue weighted by atomic mass is 9.98. The molecule has 1 aliphatic rings. The monoisotopic (exact) mass is 430 g/mol. The van der Waals surface area contributed by atoms with E-state index in [-0.39, 0.29) is 16.7 Å². The van der Waals surface area contributed by atoms with Gasteiger partial charge in [0.1, 0.15) is 5.75 Å². The molecule has 30 heavy (non-hydrogen) atoms. The van der Waals surface area contributed by atoms with E-state index in [0.717, 1.165) is 12.2 Å². The lowest BCUT2D eigenvalue weighted by Gasteiger charge is -2.21. The first-order valence-corrected chi connectivity index (χ1v) is 11.8. The Kier molecular flexibility index (Phi) is 6.83. The maximum absolute atomic E-state index is 13.1. The van der Waals surface area contributed by atoms with Gasteiger partial charge in [-0.1, -0.05) is 32.0 Å². The van der Waals surface area contributed by atoms with Gasteiger partial charge in [-0.15, -0.1) is 0 Å². The van der Waals surface area contributed by atoms with E-state index in [1.54, 1.807) is 26.2 Å². The SMILES string of the molecule is CCN(CC)S(=O)(=O)c1cc(C(=O)N2CCC(c3ccc(OC)cc3)C2)ccc1C. The Morgan fingerprint density at radius 1 is 1.13 bits per heavy atom. The molecular weight excluding hydrogens is 400 g/mol. The van der Waals surface area contributed by atoms with Crippen molar-refractivity contribution in [3.63, 3.8) is 0 Å². The maximum Gasteiger partial charge on any atom is 0.253 e. The summed E-state index contributed by atoms with van der Waals surface area (Å²) in [5, 5.41) is 0. The number of rotatable bonds is 7. The molecule has 162 valence electrons. The molecular formula is C23H30N2O4S. The molecule has 3 rings (SSSR count). The van der Waals surface area contributed by atoms with E-state index in [4.69, 9.17) is 4.74 Å². The van der Waals surface area contributed by atoms with E-state index in [1.807, 2.05) is 43.0 Å². The van der Waals surface area contributed by atoms with Crippen LogP contribution in [-0.4, -0.2) is 56.8 Å². The van der Waals surface area contributed by atoms with Crippen LogP contribution in [0, 0.1) is 6.92 Å². The number of benzene rings is 2. The molecule has 6 nitrogen and oxygen atoms in total. The zero-order chi connectivity index (χ0) is 21.9. The highest BCUT2D eigenvalue weighted by Crippen LogP contribution is 2.30. The molecule has 0 radical (unpaired) electrons. The number of nitrogens with zero attached hydrogens (tertiary/aromatic N) is 2. The van der Waals surface area contributed by atoms with Gasteiger partial charge in [0.2, 0.25) is 10.0 Å². The molecule has 7 heteroatoms. The van der Waals surface area contributed by atoms with E-state index in [2.05, 4.69) is 0 Å². The molecule has 0 saturated carbocycles. The highest BCUT2D eigenvalue weighted by molar-refractivity contribution is 7.89. The van der Waals surface area contributed by atoms with Gasteiger partial charge >= 0.3 is 0 Å². The molecule has 1 unspecified atom stereocenters. The predicted octanol–water partition coefficient (Wildman–Crippen LogP) is 3.66. The number of methoxy groups -OCH3 is 1. The van der Waals surface area contributed by atoms with Crippen molar-refractivity contribution >= 4 is 15.9 Å². The topological polar surface area (TPSA) is 66.9 Å². The first kappa shape index (κ1) is 22.3. The van der Waals surface area contributed by atoms with Crippen LogP contribution in [0.15, 0.2) is 47.4 Å². The first-order valence-electron chi connectivity index (χ1n) is 10.4. The largest absolute Gasteiger partial charge is 0.497 e. The minimum absolute atomic E-state index is 0.123. The smallest absolute Gasteiger partial charge is 0.253 e. The number of hydrogen-bond acceptors (Lipinski definition) is 4. The van der Waals surface area contributed by atoms with Crippen LogP contribution in [0.2, 0.25) is 0 Å². The minimum Gasteiger partial charge on any atom is -0.497 e. The van der Waals surface area contributed by atoms with Crippen LogP contribution in [0.25, 0.3) is 0 Å². The molecule has 0 spiro atoms. The molecule has 0 bridgehead atoms. The first-order chi connectivity index (χ1) is 14.3. The fourth-order valence-electron chi connectivity index (χ4n) is 3.99. The summed E-state index contributed by atoms with van der Waals surface area (Å²) >= 11 is 0. The van der Waals surface area contributed by atoms with E-state index < -0.39 is 10.0 Å². The number of sulfonamides is 1. The van der Waals surface area contributed by atoms with E-state index >= 15 is 0 Å². The summed E-state index contributed by atoms with van der Waals surface area (Å²) in [6, 6.07) is 12.9. The lowest BCUT2D eigenvalue weighted by Crippen LogP contribution is -2.32. The quantitative estimate of drug-likeness (QED) is 0.672. The highest BCUT2D eigenvalue weighted by Gasteiger charge is 2.30. The van der Waals surface area contributed by atoms with Crippen LogP contribution < -0.4 is 4.74 Å². The number of hydrogen-bond donors (Lipinski definition) is 0. The second kappa shape index (κ2) is 9.18. The van der Waals surface area contributed by atoms with Gasteiger partial charge in [0.15, 0.2) is 0 Å². The van der Waals surface area contributed by atoms with Crippen molar-refractivity contribution in [3.8, 4) is 5.75 Å². The van der Waals surface area contributed by atoms with Crippen molar-refractivity contribution in [2.24, 2.45) is 0 Å². The third-order valence-electron chi connectivity index (χ3n) is 5.82. The Balaban J connectivity index is 1.80. The average molecular weight is 431 g/mol. The summed E-state index contributed by atoms with van der Waals surface area (Å²) in [5.41, 5.74) is 2.25. The van der Waals surface area contributed by atoms with Gasteiger partial charge in [-0.25, -0.2) is 8.42 Å². The molecule has 0 aliphatic carbocycles. The predicted molar refractivity (Wildman–Crippen MR) is 118 cm³/mol. The summed E-state index contributed by atoms with van der Waals surface area (Å²) in [7, 11) is -1.98. The molecule has 0 aromatic heterocycles. The fourth-order valence-corrected chi connectivity index (χ4v) is 5.70. The lowest BCUT2D eigenvalue weighted by molar-refractivity contribution is 0.0790. The Morgan fingerprint density at radius 3 is 2.40 bits per heavy atom. The van der Waals surface area contributed by atoms with Crippen molar-refractivity contribution in [1.29, 1.82) is 0 Å². The highest BCUT2D eigenvalue weighted by atomic mass is 32.2. The summed E-state index contributed by atoms with van der Waals surface area (Å²) in [6.45, 7) is 7.46. The second-order valence-electron chi connectivity index (χ2n) is 7.58. The summed E-state index contributed by atoms with van der Waals surface area (Å²) in [6.07, 6.45) is 0.883. The molecule has 2 aromatic rings. The van der Waals surface area contributed by atoms with Gasteiger partial charge in [-0.2, -0.15) is 4.31 Å². The van der Waals surface area contributed by atoms with Crippen molar-refractivity contribution < 1.29 is 17.9 Å². The van der Waals surface area contributed by atoms with Gasteiger partial charge in [0.25, 0.3) is 5.91 Å². The van der Waals surface area contributed by atoms with Gasteiger partial charge < -0.3 is 9.64 Å². The van der Waals surface area contributed by atoms with E-state index in [1.165, 1.54) is 15.9 Å². The van der Waals surface area contributed by atoms with Gasteiger partial charge in [0, 0.05) is 37.7 Å². The van der Waals surface area contributed by atoms with Gasteiger partial charge in [0.05, 0.1) is 12.0 Å². The normalized spacial score (nSPS) is 16.8. The molecule has 0 N–H and O–H groups in total. The Labute approximate surface area is 179 Å². The van der Waals surface area contributed by atoms with Gasteiger partial charge in [-0.3, -0.25) is 4.79 Å². The van der Waals surface area contributed by atoms with Gasteiger partial charge in [-0.05, 0) is 48.7 Å². The van der Waals surface area contributed by atoms with Crippen LogP contribution in [0.5, 0.6) is 5.75 Å². The standard InChI is InChI=1S/C23H30N2O4S/c1-5-25(6-2)30(27,28)22-15-19(8-7-17(22)3)23(26)24-14-13-20(16-24)18-9-11-21(29-4)12-10-18/h7-12,15,20H,5-6,13-14,16H2,1-4H3. The molecule has 1 atom stereocenters. The Bertz CT molecular complexity index is 998. The van der Waals surface area contributed by atoms with Crippen LogP contribution in [0.3, 0.4) is 0 Å². The minimum atomic E-state index is -3.62. The third-order valence-corrected chi connectivity index (χ3v) is 8.01. The molecule has 1 amide bonds. The maximum atomic E-state index is 13.1. The molecule has 2 aromatic carbocycles. The van der Waals surface area contributed by atoms with Crippen molar-refractivity contribution in [3.05, 3.63) is 59.2 Å². The number of carbonyl (C=O) groups excluding carboxylic acids is 1. The van der Waals surface area contributed by atoms with Crippen molar-refractivity contribution in [1.82, 2.24) is 9.21 Å². The van der Waals surface area contributed by atoms with Crippen LogP contribution in [-0.2, 0) is 10.0 Å². The zero-order valence-corrected chi connectivity index (χ0v) is 18.9. The van der Waals surface area contributed by atoms with Crippen molar-refractivity contribution in [2.75, 3.05) is 33.3 Å². The number of ether oxygens (including phenoxy) is 1. The van der Waals surface area contributed by atoms with Crippen LogP contribution in [0.1, 0.15) is 47.7 Å². The molecule has 1 fully saturated rings. The summed E-state index contributed by atoms with van der Waals surface area (Å²) in [4.78, 5) is 15.1. The third kappa shape index (κ3) is 4.37. The Morgan fingerprint density at radius 2 is 1.80 bits per heavy atom. The second-order valence-corrected chi connectivity index (χ2v) is 9.49. The Hall–Kier alpha value is -2.38. The molecule has 1 aliphatic heterocycles. The number of likely N-dealkylation sites (tertiary alicyclic amines) is 1. The van der Waals surface area contributed by atoms with Crippen LogP contribution >= 0.6 is 0 Å². The van der Waals surface area contributed by atoms with Crippen molar-refractivity contribution in [2.45, 2.75) is 38.0 Å². The number of aryl methyl sites for hydroxylation is 1. The number of amides is 1. The molecule has 1 heterocycles. The summed E-state index contributed by atoms with van der Waals surface area (Å²) in [5.74, 6) is 0.956. The van der Waals surface area contributed by atoms with Crippen LogP contribution in [0.4, 0.5) is 0 Å². The van der Waals surface area contributed by atoms with E-state index in [9.17, 15) is 13.2 Å². The van der Waals surface area contributed by atoms with E-state index in [0.29, 0.717) is 37.3 Å². The zero-order valence-electron chi connectivity index (χ0n) is 18.1. The fraction of sp³-hybridized carbons (Fsp3) is 0.435. The number of carbonyl (C=O) groups is 1. The molecule has 1 saturated heterocycles.